The molecular weight excluding hydrogens is 390 g/mol. The predicted molar refractivity (Wildman–Crippen MR) is 133 cm³/mol. The fraction of sp³-hybridized carbons (Fsp3) is 0.320. The van der Waals surface area contributed by atoms with Gasteiger partial charge in [0.15, 0.2) is 5.78 Å². The summed E-state index contributed by atoms with van der Waals surface area (Å²) in [5.41, 5.74) is 17.0. The number of thioether (sulfide) groups is 1. The Balaban J connectivity index is 2.26. The third-order valence-corrected chi connectivity index (χ3v) is 6.38. The lowest BCUT2D eigenvalue weighted by atomic mass is 10.0. The van der Waals surface area contributed by atoms with Gasteiger partial charge in [-0.25, -0.2) is 0 Å². The molecule has 0 saturated heterocycles. The molecule has 4 N–H and O–H groups in total. The quantitative estimate of drug-likeness (QED) is 0.407. The number of hydrogen-bond donors (Lipinski definition) is 2. The Bertz CT molecular complexity index is 916. The molecule has 5 heteroatoms. The summed E-state index contributed by atoms with van der Waals surface area (Å²) in [6, 6.07) is 14.2. The summed E-state index contributed by atoms with van der Waals surface area (Å²) in [4.78, 5) is 16.4. The van der Waals surface area contributed by atoms with Gasteiger partial charge in [-0.15, -0.1) is 0 Å². The van der Waals surface area contributed by atoms with Crippen molar-refractivity contribution >= 4 is 33.8 Å². The van der Waals surface area contributed by atoms with E-state index in [2.05, 4.69) is 36.9 Å². The Morgan fingerprint density at radius 1 is 1.17 bits per heavy atom. The maximum absolute atomic E-state index is 12.3. The molecule has 0 aliphatic carbocycles. The zero-order chi connectivity index (χ0) is 22.1. The van der Waals surface area contributed by atoms with Crippen molar-refractivity contribution in [1.29, 1.82) is 0 Å². The molecule has 4 nitrogen and oxygen atoms in total. The van der Waals surface area contributed by atoms with Gasteiger partial charge in [-0.3, -0.25) is 4.79 Å². The molecule has 0 aliphatic rings. The first-order valence-electron chi connectivity index (χ1n) is 10.3. The third-order valence-electron chi connectivity index (χ3n) is 5.01. The van der Waals surface area contributed by atoms with Crippen molar-refractivity contribution in [2.24, 2.45) is 5.73 Å². The minimum atomic E-state index is 0.0712. The summed E-state index contributed by atoms with van der Waals surface area (Å²) in [6.45, 7) is 10.2. The second-order valence-corrected chi connectivity index (χ2v) is 8.27. The molecule has 160 valence electrons. The molecule has 0 aromatic heterocycles. The average molecular weight is 424 g/mol. The summed E-state index contributed by atoms with van der Waals surface area (Å²) in [5.74, 6) is 0.0712. The Labute approximate surface area is 185 Å². The van der Waals surface area contributed by atoms with E-state index in [0.29, 0.717) is 13.0 Å². The van der Waals surface area contributed by atoms with Crippen LogP contribution >= 0.6 is 11.8 Å². The number of Topliss-reactive ketones (excluding diaryl/α,β-unsaturated/α-hetero) is 1. The molecule has 0 saturated carbocycles. The van der Waals surface area contributed by atoms with E-state index in [4.69, 9.17) is 11.5 Å². The number of carbonyl (C=O) groups is 1. The lowest BCUT2D eigenvalue weighted by molar-refractivity contribution is -0.112. The molecule has 0 bridgehead atoms. The zero-order valence-electron chi connectivity index (χ0n) is 18.4. The molecular formula is C25H33N3OS. The Hall–Kier alpha value is -2.50. The summed E-state index contributed by atoms with van der Waals surface area (Å²) in [7, 11) is 0. The predicted octanol–water partition coefficient (Wildman–Crippen LogP) is 5.17. The second kappa shape index (κ2) is 11.6. The van der Waals surface area contributed by atoms with Crippen LogP contribution in [0.3, 0.4) is 0 Å². The van der Waals surface area contributed by atoms with Crippen molar-refractivity contribution in [3.05, 3.63) is 76.2 Å². The van der Waals surface area contributed by atoms with Crippen LogP contribution in [-0.4, -0.2) is 25.4 Å². The molecule has 0 spiro atoms. The van der Waals surface area contributed by atoms with Crippen LogP contribution in [0.4, 0.5) is 11.4 Å². The molecule has 0 amide bonds. The van der Waals surface area contributed by atoms with E-state index in [1.54, 1.807) is 6.92 Å². The minimum absolute atomic E-state index is 0.0712. The third kappa shape index (κ3) is 6.51. The van der Waals surface area contributed by atoms with Crippen LogP contribution in [0.1, 0.15) is 37.5 Å². The van der Waals surface area contributed by atoms with Gasteiger partial charge in [0.05, 0.1) is 4.91 Å². The van der Waals surface area contributed by atoms with Gasteiger partial charge in [-0.1, -0.05) is 42.1 Å². The molecule has 30 heavy (non-hydrogen) atoms. The van der Waals surface area contributed by atoms with Gasteiger partial charge in [-0.2, -0.15) is 0 Å². The maximum Gasteiger partial charge on any atom is 0.166 e. The van der Waals surface area contributed by atoms with Crippen molar-refractivity contribution in [3.63, 3.8) is 0 Å². The van der Waals surface area contributed by atoms with Gasteiger partial charge in [-0.05, 0) is 75.1 Å². The summed E-state index contributed by atoms with van der Waals surface area (Å²) in [5, 5.41) is 0. The number of benzene rings is 2. The van der Waals surface area contributed by atoms with Crippen LogP contribution in [0.15, 0.2) is 59.5 Å². The van der Waals surface area contributed by atoms with E-state index in [1.165, 1.54) is 28.6 Å². The van der Waals surface area contributed by atoms with Crippen LogP contribution in [-0.2, 0) is 11.2 Å². The van der Waals surface area contributed by atoms with Crippen molar-refractivity contribution in [1.82, 2.24) is 0 Å². The van der Waals surface area contributed by atoms with Gasteiger partial charge in [0, 0.05) is 35.9 Å². The maximum atomic E-state index is 12.3. The van der Waals surface area contributed by atoms with E-state index in [1.807, 2.05) is 43.3 Å². The van der Waals surface area contributed by atoms with Crippen LogP contribution in [0.25, 0.3) is 4.91 Å². The van der Waals surface area contributed by atoms with E-state index in [-0.39, 0.29) is 5.78 Å². The number of aryl methyl sites for hydroxylation is 1. The van der Waals surface area contributed by atoms with Gasteiger partial charge in [0.25, 0.3) is 0 Å². The normalized spacial score (nSPS) is 12.2. The number of rotatable bonds is 10. The number of anilines is 2. The van der Waals surface area contributed by atoms with Gasteiger partial charge < -0.3 is 16.4 Å². The molecule has 0 atom stereocenters. The lowest BCUT2D eigenvalue weighted by Gasteiger charge is -2.23. The zero-order valence-corrected chi connectivity index (χ0v) is 19.3. The largest absolute Gasteiger partial charge is 0.399 e. The standard InChI is InChI=1S/C25H33N3OS/c1-5-24(20-8-11-22(27)12-9-20)30-25(19(4)29)14-10-21-17-23(13-7-18(21)3)28(6-2)16-15-26/h5,7-9,11-14,17H,6,10,15-16,26-27H2,1-4H3/b24-5-,25-14+. The SMILES string of the molecule is C/C=C(\S/C(=C/Cc1cc(N(CC)CCN)ccc1C)C(C)=O)c1ccc(N)cc1. The highest BCUT2D eigenvalue weighted by molar-refractivity contribution is 8.12. The van der Waals surface area contributed by atoms with Crippen molar-refractivity contribution in [3.8, 4) is 0 Å². The first-order chi connectivity index (χ1) is 14.4. The van der Waals surface area contributed by atoms with Crippen LogP contribution in [0, 0.1) is 6.92 Å². The van der Waals surface area contributed by atoms with Crippen molar-refractivity contribution < 1.29 is 4.79 Å². The molecule has 2 aromatic rings. The number of nitrogens with two attached hydrogens (primary N) is 2. The van der Waals surface area contributed by atoms with Gasteiger partial charge in [0.2, 0.25) is 0 Å². The highest BCUT2D eigenvalue weighted by Gasteiger charge is 2.11. The van der Waals surface area contributed by atoms with Crippen molar-refractivity contribution in [2.75, 3.05) is 30.3 Å². The van der Waals surface area contributed by atoms with E-state index in [0.717, 1.165) is 34.2 Å². The first-order valence-corrected chi connectivity index (χ1v) is 11.2. The summed E-state index contributed by atoms with van der Waals surface area (Å²) in [6.07, 6.45) is 4.78. The number of ketones is 1. The topological polar surface area (TPSA) is 72.3 Å². The number of hydrogen-bond acceptors (Lipinski definition) is 5. The van der Waals surface area contributed by atoms with Crippen molar-refractivity contribution in [2.45, 2.75) is 34.1 Å². The van der Waals surface area contributed by atoms with E-state index >= 15 is 0 Å². The number of nitrogens with zero attached hydrogens (tertiary/aromatic N) is 1. The van der Waals surface area contributed by atoms with Gasteiger partial charge in [0.1, 0.15) is 0 Å². The van der Waals surface area contributed by atoms with Gasteiger partial charge >= 0.3 is 0 Å². The first kappa shape index (κ1) is 23.8. The molecule has 0 heterocycles. The fourth-order valence-corrected chi connectivity index (χ4v) is 4.13. The smallest absolute Gasteiger partial charge is 0.166 e. The minimum Gasteiger partial charge on any atom is -0.399 e. The average Bonchev–Trinajstić information content (AvgIpc) is 2.74. The highest BCUT2D eigenvalue weighted by atomic mass is 32.2. The summed E-state index contributed by atoms with van der Waals surface area (Å²) < 4.78 is 0. The lowest BCUT2D eigenvalue weighted by Crippen LogP contribution is -2.29. The second-order valence-electron chi connectivity index (χ2n) is 7.18. The molecule has 2 aromatic carbocycles. The summed E-state index contributed by atoms with van der Waals surface area (Å²) >= 11 is 1.51. The van der Waals surface area contributed by atoms with Crippen LogP contribution < -0.4 is 16.4 Å². The molecule has 2 rings (SSSR count). The Kier molecular flexibility index (Phi) is 9.21. The number of allylic oxidation sites excluding steroid dienone is 3. The molecule has 0 unspecified atom stereocenters. The van der Waals surface area contributed by atoms with E-state index < -0.39 is 0 Å². The number of nitrogen functional groups attached to an aromatic ring is 1. The number of carbonyl (C=O) groups excluding carboxylic acids is 1. The monoisotopic (exact) mass is 423 g/mol. The number of likely N-dealkylation sites (N-methyl/N-ethyl adjacent to an activating group) is 1. The highest BCUT2D eigenvalue weighted by Crippen LogP contribution is 2.35. The molecule has 0 radical (unpaired) electrons. The Morgan fingerprint density at radius 3 is 2.43 bits per heavy atom. The molecule has 0 fully saturated rings. The van der Waals surface area contributed by atoms with Crippen LogP contribution in [0.2, 0.25) is 0 Å². The van der Waals surface area contributed by atoms with Crippen LogP contribution in [0.5, 0.6) is 0 Å². The molecule has 0 aliphatic heterocycles. The Morgan fingerprint density at radius 2 is 1.87 bits per heavy atom. The van der Waals surface area contributed by atoms with E-state index in [9.17, 15) is 4.79 Å². The fourth-order valence-electron chi connectivity index (χ4n) is 3.21.